The first kappa shape index (κ1) is 17.1. The molecule has 2 saturated heterocycles. The zero-order chi connectivity index (χ0) is 18.1. The topological polar surface area (TPSA) is 71.1 Å². The molecular formula is C19H25N3O4. The maximum absolute atomic E-state index is 12.9. The smallest absolute Gasteiger partial charge is 0.228 e. The number of fused-ring (bicyclic) bond motifs is 1. The Kier molecular flexibility index (Phi) is 4.72. The molecule has 7 nitrogen and oxygen atoms in total. The lowest BCUT2D eigenvalue weighted by Gasteiger charge is -2.33. The van der Waals surface area contributed by atoms with E-state index in [0.29, 0.717) is 31.3 Å². The molecule has 3 aliphatic rings. The van der Waals surface area contributed by atoms with Gasteiger partial charge in [0.15, 0.2) is 11.5 Å². The van der Waals surface area contributed by atoms with Gasteiger partial charge in [0, 0.05) is 37.8 Å². The molecule has 0 aliphatic carbocycles. The van der Waals surface area contributed by atoms with E-state index in [0.717, 1.165) is 31.6 Å². The highest BCUT2D eigenvalue weighted by molar-refractivity contribution is 6.00. The minimum absolute atomic E-state index is 0.0151. The number of rotatable bonds is 3. The van der Waals surface area contributed by atoms with Gasteiger partial charge in [0.25, 0.3) is 0 Å². The van der Waals surface area contributed by atoms with Crippen LogP contribution >= 0.6 is 0 Å². The summed E-state index contributed by atoms with van der Waals surface area (Å²) in [5.74, 6) is 1.13. The molecule has 1 N–H and O–H groups in total. The number of hydrogen-bond acceptors (Lipinski definition) is 5. The van der Waals surface area contributed by atoms with Crippen molar-refractivity contribution in [3.05, 3.63) is 18.2 Å². The maximum atomic E-state index is 12.9. The molecule has 3 aliphatic heterocycles. The molecular weight excluding hydrogens is 334 g/mol. The lowest BCUT2D eigenvalue weighted by molar-refractivity contribution is -0.137. The summed E-state index contributed by atoms with van der Waals surface area (Å²) in [6.07, 6.45) is 2.20. The molecule has 0 aromatic heterocycles. The van der Waals surface area contributed by atoms with Crippen LogP contribution in [0.1, 0.15) is 19.3 Å². The molecule has 0 spiro atoms. The highest BCUT2D eigenvalue weighted by Crippen LogP contribution is 2.36. The van der Waals surface area contributed by atoms with Gasteiger partial charge in [-0.2, -0.15) is 0 Å². The standard InChI is InChI=1S/C19H25N3O4/c1-21(14-4-6-20-7-5-14)19(24)13-10-18(23)22(12-13)15-2-3-16-17(11-15)26-9-8-25-16/h2-3,11,13-14,20H,4-10,12H2,1H3. The van der Waals surface area contributed by atoms with Crippen LogP contribution in [-0.2, 0) is 9.59 Å². The van der Waals surface area contributed by atoms with Crippen molar-refractivity contribution in [3.8, 4) is 11.5 Å². The third-order valence-corrected chi connectivity index (χ3v) is 5.52. The number of amides is 2. The van der Waals surface area contributed by atoms with E-state index in [4.69, 9.17) is 9.47 Å². The van der Waals surface area contributed by atoms with Gasteiger partial charge >= 0.3 is 0 Å². The molecule has 3 heterocycles. The largest absolute Gasteiger partial charge is 0.486 e. The number of ether oxygens (including phenoxy) is 2. The highest BCUT2D eigenvalue weighted by atomic mass is 16.6. The van der Waals surface area contributed by atoms with Crippen molar-refractivity contribution >= 4 is 17.5 Å². The molecule has 26 heavy (non-hydrogen) atoms. The molecule has 0 saturated carbocycles. The van der Waals surface area contributed by atoms with Crippen molar-refractivity contribution in [1.29, 1.82) is 0 Å². The van der Waals surface area contributed by atoms with E-state index >= 15 is 0 Å². The first-order valence-electron chi connectivity index (χ1n) is 9.31. The Morgan fingerprint density at radius 2 is 1.92 bits per heavy atom. The fourth-order valence-electron chi connectivity index (χ4n) is 3.98. The third-order valence-electron chi connectivity index (χ3n) is 5.52. The normalized spacial score (nSPS) is 23.2. The summed E-state index contributed by atoms with van der Waals surface area (Å²) < 4.78 is 11.1. The number of hydrogen-bond donors (Lipinski definition) is 1. The Morgan fingerprint density at radius 3 is 2.69 bits per heavy atom. The summed E-state index contributed by atoms with van der Waals surface area (Å²) >= 11 is 0. The van der Waals surface area contributed by atoms with Crippen LogP contribution in [0.2, 0.25) is 0 Å². The number of piperidine rings is 1. The molecule has 2 amide bonds. The van der Waals surface area contributed by atoms with Gasteiger partial charge in [-0.3, -0.25) is 9.59 Å². The fraction of sp³-hybridized carbons (Fsp3) is 0.579. The Labute approximate surface area is 153 Å². The van der Waals surface area contributed by atoms with Crippen molar-refractivity contribution < 1.29 is 19.1 Å². The quantitative estimate of drug-likeness (QED) is 0.873. The summed E-state index contributed by atoms with van der Waals surface area (Å²) in [4.78, 5) is 29.0. The average molecular weight is 359 g/mol. The van der Waals surface area contributed by atoms with Crippen molar-refractivity contribution in [3.63, 3.8) is 0 Å². The van der Waals surface area contributed by atoms with Gasteiger partial charge in [0.05, 0.1) is 5.92 Å². The van der Waals surface area contributed by atoms with Gasteiger partial charge in [-0.1, -0.05) is 0 Å². The van der Waals surface area contributed by atoms with Gasteiger partial charge in [-0.05, 0) is 38.1 Å². The Morgan fingerprint density at radius 1 is 1.19 bits per heavy atom. The molecule has 140 valence electrons. The van der Waals surface area contributed by atoms with Gasteiger partial charge in [0.2, 0.25) is 11.8 Å². The Balaban J connectivity index is 1.45. The number of anilines is 1. The van der Waals surface area contributed by atoms with E-state index in [1.165, 1.54) is 0 Å². The number of carbonyl (C=O) groups is 2. The van der Waals surface area contributed by atoms with Gasteiger partial charge in [0.1, 0.15) is 13.2 Å². The Hall–Kier alpha value is -2.28. The lowest BCUT2D eigenvalue weighted by Crippen LogP contribution is -2.46. The van der Waals surface area contributed by atoms with E-state index in [2.05, 4.69) is 5.32 Å². The monoisotopic (exact) mass is 359 g/mol. The van der Waals surface area contributed by atoms with E-state index in [1.807, 2.05) is 30.1 Å². The van der Waals surface area contributed by atoms with Crippen LogP contribution in [-0.4, -0.2) is 62.7 Å². The second-order valence-electron chi connectivity index (χ2n) is 7.16. The molecule has 2 fully saturated rings. The van der Waals surface area contributed by atoms with Crippen LogP contribution in [0, 0.1) is 5.92 Å². The minimum Gasteiger partial charge on any atom is -0.486 e. The zero-order valence-corrected chi connectivity index (χ0v) is 15.1. The predicted octanol–water partition coefficient (Wildman–Crippen LogP) is 1.02. The van der Waals surface area contributed by atoms with Gasteiger partial charge in [-0.25, -0.2) is 0 Å². The van der Waals surface area contributed by atoms with Crippen molar-refractivity contribution in [2.75, 3.05) is 44.8 Å². The van der Waals surface area contributed by atoms with Crippen molar-refractivity contribution in [2.24, 2.45) is 5.92 Å². The third kappa shape index (κ3) is 3.23. The number of benzene rings is 1. The second kappa shape index (κ2) is 7.15. The van der Waals surface area contributed by atoms with Crippen molar-refractivity contribution in [1.82, 2.24) is 10.2 Å². The van der Waals surface area contributed by atoms with Crippen LogP contribution in [0.15, 0.2) is 18.2 Å². The van der Waals surface area contributed by atoms with Gasteiger partial charge in [-0.15, -0.1) is 0 Å². The first-order chi connectivity index (χ1) is 12.6. The number of carbonyl (C=O) groups excluding carboxylic acids is 2. The summed E-state index contributed by atoms with van der Waals surface area (Å²) in [7, 11) is 1.87. The van der Waals surface area contributed by atoms with Crippen LogP contribution < -0.4 is 19.7 Å². The van der Waals surface area contributed by atoms with E-state index in [-0.39, 0.29) is 30.2 Å². The van der Waals surface area contributed by atoms with Crippen LogP contribution in [0.4, 0.5) is 5.69 Å². The van der Waals surface area contributed by atoms with E-state index < -0.39 is 0 Å². The minimum atomic E-state index is -0.282. The molecule has 7 heteroatoms. The van der Waals surface area contributed by atoms with E-state index in [9.17, 15) is 9.59 Å². The fourth-order valence-corrected chi connectivity index (χ4v) is 3.98. The molecule has 0 bridgehead atoms. The zero-order valence-electron chi connectivity index (χ0n) is 15.1. The molecule has 1 aromatic rings. The van der Waals surface area contributed by atoms with Crippen LogP contribution in [0.5, 0.6) is 11.5 Å². The SMILES string of the molecule is CN(C(=O)C1CC(=O)N(c2ccc3c(c2)OCCO3)C1)C1CCNCC1. The summed E-state index contributed by atoms with van der Waals surface area (Å²) in [5.41, 5.74) is 0.763. The molecule has 4 rings (SSSR count). The van der Waals surface area contributed by atoms with E-state index in [1.54, 1.807) is 4.90 Å². The average Bonchev–Trinajstić information content (AvgIpc) is 3.08. The second-order valence-corrected chi connectivity index (χ2v) is 7.16. The molecule has 1 aromatic carbocycles. The molecule has 0 radical (unpaired) electrons. The highest BCUT2D eigenvalue weighted by Gasteiger charge is 2.38. The first-order valence-corrected chi connectivity index (χ1v) is 9.31. The predicted molar refractivity (Wildman–Crippen MR) is 96.6 cm³/mol. The maximum Gasteiger partial charge on any atom is 0.228 e. The summed E-state index contributed by atoms with van der Waals surface area (Å²) in [6, 6.07) is 5.78. The Bertz CT molecular complexity index is 702. The summed E-state index contributed by atoms with van der Waals surface area (Å²) in [6.45, 7) is 3.35. The molecule has 1 unspecified atom stereocenters. The van der Waals surface area contributed by atoms with Gasteiger partial charge < -0.3 is 24.6 Å². The van der Waals surface area contributed by atoms with Crippen LogP contribution in [0.3, 0.4) is 0 Å². The lowest BCUT2D eigenvalue weighted by atomic mass is 10.0. The number of nitrogens with zero attached hydrogens (tertiary/aromatic N) is 2. The molecule has 1 atom stereocenters. The summed E-state index contributed by atoms with van der Waals surface area (Å²) in [5, 5.41) is 3.32. The van der Waals surface area contributed by atoms with Crippen LogP contribution in [0.25, 0.3) is 0 Å². The van der Waals surface area contributed by atoms with Crippen molar-refractivity contribution in [2.45, 2.75) is 25.3 Å². The number of nitrogens with one attached hydrogen (secondary N) is 1.